The van der Waals surface area contributed by atoms with Crippen molar-refractivity contribution in [3.8, 4) is 11.8 Å². The highest BCUT2D eigenvalue weighted by molar-refractivity contribution is 6.02. The highest BCUT2D eigenvalue weighted by Crippen LogP contribution is 2.28. The van der Waals surface area contributed by atoms with Gasteiger partial charge in [0.05, 0.1) is 12.1 Å². The number of aromatic nitrogens is 1. The monoisotopic (exact) mass is 631 g/mol. The number of esters is 1. The van der Waals surface area contributed by atoms with Crippen LogP contribution in [-0.2, 0) is 23.9 Å². The number of halogens is 2. The molecule has 4 N–H and O–H groups in total. The third kappa shape index (κ3) is 9.72. The summed E-state index contributed by atoms with van der Waals surface area (Å²) in [6.45, 7) is 4.91. The number of amides is 3. The second-order valence-corrected chi connectivity index (χ2v) is 12.8. The van der Waals surface area contributed by atoms with E-state index in [2.05, 4.69) is 25.7 Å². The van der Waals surface area contributed by atoms with Crippen molar-refractivity contribution in [3.05, 3.63) is 30.0 Å². The number of aromatic amines is 1. The van der Waals surface area contributed by atoms with Crippen molar-refractivity contribution < 1.29 is 42.2 Å². The van der Waals surface area contributed by atoms with E-state index >= 15 is 0 Å². The van der Waals surface area contributed by atoms with Gasteiger partial charge in [-0.05, 0) is 63.1 Å². The zero-order valence-electron chi connectivity index (χ0n) is 25.9. The Labute approximate surface area is 259 Å². The largest absolute Gasteiger partial charge is 0.456 e. The molecule has 0 bridgehead atoms. The first-order valence-electron chi connectivity index (χ1n) is 14.6. The van der Waals surface area contributed by atoms with Gasteiger partial charge in [-0.15, -0.1) is 0 Å². The summed E-state index contributed by atoms with van der Waals surface area (Å²) in [6.07, 6.45) is 1.22. The number of alkyl halides is 2. The summed E-state index contributed by atoms with van der Waals surface area (Å²) in [6, 6.07) is 5.12. The minimum atomic E-state index is -3.07. The lowest BCUT2D eigenvalue weighted by molar-refractivity contribution is -0.154. The molecule has 2 heterocycles. The molecule has 0 radical (unpaired) electrons. The van der Waals surface area contributed by atoms with Gasteiger partial charge in [0.15, 0.2) is 12.4 Å². The number of benzene rings is 1. The van der Waals surface area contributed by atoms with Gasteiger partial charge in [-0.25, -0.2) is 0 Å². The number of rotatable bonds is 13. The zero-order valence-corrected chi connectivity index (χ0v) is 25.9. The fourth-order valence-electron chi connectivity index (χ4n) is 4.86. The smallest absolute Gasteiger partial charge is 0.387 e. The van der Waals surface area contributed by atoms with E-state index in [0.717, 1.165) is 0 Å². The van der Waals surface area contributed by atoms with Crippen LogP contribution in [0.15, 0.2) is 24.3 Å². The van der Waals surface area contributed by atoms with Gasteiger partial charge < -0.3 is 30.4 Å². The van der Waals surface area contributed by atoms with Crippen LogP contribution >= 0.6 is 0 Å². The number of piperidine rings is 1. The number of nitriles is 1. The zero-order chi connectivity index (χ0) is 33.5. The van der Waals surface area contributed by atoms with Crippen LogP contribution < -0.4 is 20.7 Å². The normalized spacial score (nSPS) is 16.7. The fourth-order valence-corrected chi connectivity index (χ4v) is 4.86. The summed E-state index contributed by atoms with van der Waals surface area (Å²) in [5.41, 5.74) is -1.63. The number of carbonyl (C=O) groups excluding carboxylic acids is 5. The Morgan fingerprint density at radius 3 is 2.44 bits per heavy atom. The topological polar surface area (TPSA) is 179 Å². The van der Waals surface area contributed by atoms with E-state index in [1.54, 1.807) is 12.1 Å². The maximum Gasteiger partial charge on any atom is 0.387 e. The summed E-state index contributed by atoms with van der Waals surface area (Å²) in [5.74, 6) is -4.02. The average Bonchev–Trinajstić information content (AvgIpc) is 3.41. The van der Waals surface area contributed by atoms with Gasteiger partial charge in [0.1, 0.15) is 22.9 Å². The first-order valence-corrected chi connectivity index (χ1v) is 14.6. The lowest BCUT2D eigenvalue weighted by atomic mass is 9.87. The molecule has 3 amide bonds. The molecule has 1 fully saturated rings. The van der Waals surface area contributed by atoms with Crippen LogP contribution in [0.25, 0.3) is 10.9 Å². The van der Waals surface area contributed by atoms with Gasteiger partial charge in [-0.3, -0.25) is 24.0 Å². The van der Waals surface area contributed by atoms with Crippen LogP contribution in [0.5, 0.6) is 5.75 Å². The van der Waals surface area contributed by atoms with Crippen molar-refractivity contribution >= 4 is 40.4 Å². The van der Waals surface area contributed by atoms with Crippen molar-refractivity contribution in [3.63, 3.8) is 0 Å². The molecule has 0 aliphatic carbocycles. The quantitative estimate of drug-likeness (QED) is 0.243. The third-order valence-electron chi connectivity index (χ3n) is 7.28. The Morgan fingerprint density at radius 2 is 1.82 bits per heavy atom. The van der Waals surface area contributed by atoms with Crippen LogP contribution in [0.2, 0.25) is 0 Å². The summed E-state index contributed by atoms with van der Waals surface area (Å²) < 4.78 is 35.4. The predicted molar refractivity (Wildman–Crippen MR) is 158 cm³/mol. The summed E-state index contributed by atoms with van der Waals surface area (Å²) in [4.78, 5) is 67.9. The molecule has 3 atom stereocenters. The average molecular weight is 632 g/mol. The van der Waals surface area contributed by atoms with Gasteiger partial charge in [0.2, 0.25) is 11.8 Å². The standard InChI is InChI=1S/C31H39F2N5O7/c1-30(2,3)14-22(38-26(41)21-13-18-19(36-21)9-6-10-24(18)45-29(32)33)27(42)37-20(12-17-8-7-11-35-25(17)40)23(39)15-44-28(43)31(4,5)16-34/h6,9-10,13,17,20,22,29,36H,7-8,11-12,14-15H2,1-5H3,(H,35,40)(H,37,42)(H,38,41)/t17-,20-,22-/m0/s1. The molecule has 3 rings (SSSR count). The number of hydrogen-bond donors (Lipinski definition) is 4. The van der Waals surface area contributed by atoms with E-state index in [1.807, 2.05) is 20.8 Å². The van der Waals surface area contributed by atoms with E-state index in [4.69, 9.17) is 4.74 Å². The molecule has 2 aromatic rings. The molecule has 12 nitrogen and oxygen atoms in total. The summed E-state index contributed by atoms with van der Waals surface area (Å²) >= 11 is 0. The molecule has 45 heavy (non-hydrogen) atoms. The van der Waals surface area contributed by atoms with Crippen LogP contribution in [0.3, 0.4) is 0 Å². The molecule has 14 heteroatoms. The molecule has 1 aromatic heterocycles. The van der Waals surface area contributed by atoms with Gasteiger partial charge >= 0.3 is 12.6 Å². The highest BCUT2D eigenvalue weighted by Gasteiger charge is 2.35. The second-order valence-electron chi connectivity index (χ2n) is 12.8. The maximum atomic E-state index is 13.7. The van der Waals surface area contributed by atoms with E-state index < -0.39 is 65.6 Å². The Morgan fingerprint density at radius 1 is 1.11 bits per heavy atom. The Bertz CT molecular complexity index is 1470. The van der Waals surface area contributed by atoms with E-state index in [1.165, 1.54) is 32.0 Å². The Hall–Kier alpha value is -4.54. The Balaban J connectivity index is 1.83. The number of nitrogens with one attached hydrogen (secondary N) is 4. The first kappa shape index (κ1) is 34.9. The molecular formula is C31H39F2N5O7. The van der Waals surface area contributed by atoms with Gasteiger partial charge in [-0.1, -0.05) is 26.8 Å². The van der Waals surface area contributed by atoms with E-state index in [-0.39, 0.29) is 35.6 Å². The van der Waals surface area contributed by atoms with Gasteiger partial charge in [0.25, 0.3) is 5.91 Å². The number of Topliss-reactive ketones (excluding diaryl/α,β-unsaturated/α-hetero) is 1. The minimum absolute atomic E-state index is 0.0134. The lowest BCUT2D eigenvalue weighted by Gasteiger charge is -2.30. The molecule has 244 valence electrons. The van der Waals surface area contributed by atoms with Crippen LogP contribution in [0.1, 0.15) is 70.8 Å². The van der Waals surface area contributed by atoms with Crippen molar-refractivity contribution in [2.75, 3.05) is 13.2 Å². The van der Waals surface area contributed by atoms with Crippen LogP contribution in [-0.4, -0.2) is 66.3 Å². The van der Waals surface area contributed by atoms with Crippen molar-refractivity contribution in [1.29, 1.82) is 5.26 Å². The SMILES string of the molecule is CC(C)(C)C[C@H](NC(=O)c1cc2c(OC(F)F)cccc2[nH]1)C(=O)N[C@@H](C[C@@H]1CCCNC1=O)C(=O)COC(=O)C(C)(C)C#N. The summed E-state index contributed by atoms with van der Waals surface area (Å²) in [5, 5.41) is 17.5. The first-order chi connectivity index (χ1) is 21.0. The van der Waals surface area contributed by atoms with E-state index in [0.29, 0.717) is 24.9 Å². The second kappa shape index (κ2) is 14.5. The molecule has 1 aromatic carbocycles. The predicted octanol–water partition coefficient (Wildman–Crippen LogP) is 3.37. The molecule has 0 saturated carbocycles. The molecule has 1 aliphatic heterocycles. The number of nitrogens with zero attached hydrogens (tertiary/aromatic N) is 1. The maximum absolute atomic E-state index is 13.7. The highest BCUT2D eigenvalue weighted by atomic mass is 19.3. The number of H-pyrrole nitrogens is 1. The van der Waals surface area contributed by atoms with Crippen molar-refractivity contribution in [1.82, 2.24) is 20.9 Å². The van der Waals surface area contributed by atoms with Gasteiger partial charge in [-0.2, -0.15) is 14.0 Å². The molecular weight excluding hydrogens is 592 g/mol. The lowest BCUT2D eigenvalue weighted by Crippen LogP contribution is -2.54. The number of carbonyl (C=O) groups is 5. The number of hydrogen-bond acceptors (Lipinski definition) is 8. The van der Waals surface area contributed by atoms with Gasteiger partial charge in [0, 0.05) is 23.4 Å². The number of fused-ring (bicyclic) bond motifs is 1. The molecule has 0 unspecified atom stereocenters. The van der Waals surface area contributed by atoms with Crippen LogP contribution in [0.4, 0.5) is 8.78 Å². The van der Waals surface area contributed by atoms with Crippen molar-refractivity contribution in [2.24, 2.45) is 16.7 Å². The fraction of sp³-hybridized carbons (Fsp3) is 0.548. The van der Waals surface area contributed by atoms with Crippen molar-refractivity contribution in [2.45, 2.75) is 79.0 Å². The number of ketones is 1. The third-order valence-corrected chi connectivity index (χ3v) is 7.28. The Kier molecular flexibility index (Phi) is 11.3. The summed E-state index contributed by atoms with van der Waals surface area (Å²) in [7, 11) is 0. The minimum Gasteiger partial charge on any atom is -0.456 e. The number of ether oxygens (including phenoxy) is 2. The molecule has 0 spiro atoms. The van der Waals surface area contributed by atoms with Crippen LogP contribution in [0, 0.1) is 28.1 Å². The molecule has 1 aliphatic rings. The van der Waals surface area contributed by atoms with E-state index in [9.17, 15) is 38.0 Å². The molecule has 1 saturated heterocycles.